The molecule has 1 aliphatic rings. The smallest absolute Gasteiger partial charge is 0.0424 e. The van der Waals surface area contributed by atoms with E-state index in [9.17, 15) is 0 Å². The van der Waals surface area contributed by atoms with Crippen LogP contribution in [0.25, 0.3) is 0 Å². The minimum absolute atomic E-state index is 1.03. The van der Waals surface area contributed by atoms with Gasteiger partial charge in [-0.1, -0.05) is 19.4 Å². The van der Waals surface area contributed by atoms with Crippen molar-refractivity contribution in [2.24, 2.45) is 0 Å². The molecule has 0 radical (unpaired) electrons. The number of benzene rings is 1. The molecule has 1 heterocycles. The van der Waals surface area contributed by atoms with E-state index in [-0.39, 0.29) is 0 Å². The largest absolute Gasteiger partial charge is 0.398 e. The number of hydrogen-bond acceptors (Lipinski definition) is 2. The van der Waals surface area contributed by atoms with Gasteiger partial charge in [0.05, 0.1) is 0 Å². The van der Waals surface area contributed by atoms with Crippen molar-refractivity contribution in [2.75, 3.05) is 17.6 Å². The first kappa shape index (κ1) is 9.38. The molecule has 1 aliphatic heterocycles. The van der Waals surface area contributed by atoms with Crippen LogP contribution in [-0.4, -0.2) is 6.54 Å². The van der Waals surface area contributed by atoms with Gasteiger partial charge < -0.3 is 11.1 Å². The lowest BCUT2D eigenvalue weighted by atomic mass is 9.98. The Labute approximate surface area is 85.5 Å². The average molecular weight is 190 g/mol. The molecular formula is C12H18N2. The van der Waals surface area contributed by atoms with Crippen molar-refractivity contribution < 1.29 is 0 Å². The molecule has 0 amide bonds. The molecular weight excluding hydrogens is 172 g/mol. The highest BCUT2D eigenvalue weighted by atomic mass is 14.9. The third-order valence-corrected chi connectivity index (χ3v) is 2.95. The van der Waals surface area contributed by atoms with E-state index in [2.05, 4.69) is 25.2 Å². The van der Waals surface area contributed by atoms with Crippen molar-refractivity contribution in [3.63, 3.8) is 0 Å². The van der Waals surface area contributed by atoms with Crippen LogP contribution in [0.2, 0.25) is 0 Å². The fourth-order valence-corrected chi connectivity index (χ4v) is 2.27. The lowest BCUT2D eigenvalue weighted by Crippen LogP contribution is -2.00. The molecule has 0 atom stereocenters. The summed E-state index contributed by atoms with van der Waals surface area (Å²) in [6.07, 6.45) is 3.34. The molecule has 0 saturated heterocycles. The van der Waals surface area contributed by atoms with Gasteiger partial charge >= 0.3 is 0 Å². The van der Waals surface area contributed by atoms with E-state index < -0.39 is 0 Å². The van der Waals surface area contributed by atoms with E-state index in [1.165, 1.54) is 22.4 Å². The minimum Gasteiger partial charge on any atom is -0.398 e. The van der Waals surface area contributed by atoms with E-state index in [0.29, 0.717) is 0 Å². The van der Waals surface area contributed by atoms with Crippen molar-refractivity contribution in [3.8, 4) is 0 Å². The molecule has 0 spiro atoms. The number of fused-ring (bicyclic) bond motifs is 1. The fourth-order valence-electron chi connectivity index (χ4n) is 2.27. The second kappa shape index (κ2) is 3.52. The minimum atomic E-state index is 1.03. The van der Waals surface area contributed by atoms with Crippen LogP contribution in [0.15, 0.2) is 6.07 Å². The number of rotatable bonds is 2. The fraction of sp³-hybridized carbons (Fsp3) is 0.500. The maximum Gasteiger partial charge on any atom is 0.0424 e. The van der Waals surface area contributed by atoms with E-state index in [1.54, 1.807) is 0 Å². The maximum absolute atomic E-state index is 6.15. The normalized spacial score (nSPS) is 13.9. The highest BCUT2D eigenvalue weighted by Gasteiger charge is 2.17. The van der Waals surface area contributed by atoms with Crippen LogP contribution >= 0.6 is 0 Å². The zero-order valence-corrected chi connectivity index (χ0v) is 8.98. The third kappa shape index (κ3) is 1.35. The molecule has 0 unspecified atom stereocenters. The number of aryl methyl sites for hydroxylation is 2. The van der Waals surface area contributed by atoms with Crippen LogP contribution in [0, 0.1) is 6.92 Å². The zero-order chi connectivity index (χ0) is 10.1. The number of nitrogen functional groups attached to an aromatic ring is 1. The lowest BCUT2D eigenvalue weighted by molar-refractivity contribution is 0.920. The van der Waals surface area contributed by atoms with Crippen molar-refractivity contribution in [1.29, 1.82) is 0 Å². The van der Waals surface area contributed by atoms with Crippen molar-refractivity contribution in [1.82, 2.24) is 0 Å². The summed E-state index contributed by atoms with van der Waals surface area (Å²) in [4.78, 5) is 0. The quantitative estimate of drug-likeness (QED) is 0.703. The lowest BCUT2D eigenvalue weighted by Gasteiger charge is -2.12. The van der Waals surface area contributed by atoms with Crippen LogP contribution in [0.5, 0.6) is 0 Å². The first-order chi connectivity index (χ1) is 6.74. The van der Waals surface area contributed by atoms with Crippen LogP contribution in [0.1, 0.15) is 30.0 Å². The topological polar surface area (TPSA) is 38.0 Å². The summed E-state index contributed by atoms with van der Waals surface area (Å²) in [6.45, 7) is 5.39. The second-order valence-electron chi connectivity index (χ2n) is 4.05. The highest BCUT2D eigenvalue weighted by molar-refractivity contribution is 5.73. The second-order valence-corrected chi connectivity index (χ2v) is 4.05. The van der Waals surface area contributed by atoms with Gasteiger partial charge in [0.15, 0.2) is 0 Å². The Morgan fingerprint density at radius 1 is 1.50 bits per heavy atom. The summed E-state index contributed by atoms with van der Waals surface area (Å²) in [7, 11) is 0. The Morgan fingerprint density at radius 3 is 3.00 bits per heavy atom. The molecule has 2 rings (SSSR count). The molecule has 0 aliphatic carbocycles. The number of anilines is 2. The first-order valence-electron chi connectivity index (χ1n) is 5.38. The molecule has 1 aromatic carbocycles. The first-order valence-corrected chi connectivity index (χ1v) is 5.38. The van der Waals surface area contributed by atoms with Gasteiger partial charge in [-0.05, 0) is 30.9 Å². The van der Waals surface area contributed by atoms with E-state index >= 15 is 0 Å². The summed E-state index contributed by atoms with van der Waals surface area (Å²) in [5.41, 5.74) is 12.5. The SMILES string of the molecule is CCCc1cc(C)c2c(c1N)CCN2. The molecule has 3 N–H and O–H groups in total. The number of nitrogens with one attached hydrogen (secondary N) is 1. The molecule has 14 heavy (non-hydrogen) atoms. The van der Waals surface area contributed by atoms with Crippen LogP contribution in [-0.2, 0) is 12.8 Å². The Kier molecular flexibility index (Phi) is 2.36. The summed E-state index contributed by atoms with van der Waals surface area (Å²) >= 11 is 0. The van der Waals surface area contributed by atoms with Gasteiger partial charge in [0.1, 0.15) is 0 Å². The summed E-state index contributed by atoms with van der Waals surface area (Å²) in [5.74, 6) is 0. The third-order valence-electron chi connectivity index (χ3n) is 2.95. The average Bonchev–Trinajstić information content (AvgIpc) is 2.63. The predicted molar refractivity (Wildman–Crippen MR) is 61.8 cm³/mol. The number of nitrogens with two attached hydrogens (primary N) is 1. The standard InChI is InChI=1S/C12H18N2/c1-3-4-9-7-8(2)12-10(11(9)13)5-6-14-12/h7,14H,3-6,13H2,1-2H3. The zero-order valence-electron chi connectivity index (χ0n) is 8.98. The molecule has 1 aromatic rings. The summed E-state index contributed by atoms with van der Waals surface area (Å²) in [5, 5.41) is 3.40. The van der Waals surface area contributed by atoms with Gasteiger partial charge in [0.25, 0.3) is 0 Å². The molecule has 0 saturated carbocycles. The Bertz CT molecular complexity index is 356. The maximum atomic E-state index is 6.15. The molecule has 0 fully saturated rings. The van der Waals surface area contributed by atoms with E-state index in [0.717, 1.165) is 31.5 Å². The van der Waals surface area contributed by atoms with Gasteiger partial charge in [-0.15, -0.1) is 0 Å². The molecule has 0 bridgehead atoms. The van der Waals surface area contributed by atoms with E-state index in [4.69, 9.17) is 5.73 Å². The molecule has 76 valence electrons. The molecule has 2 heteroatoms. The van der Waals surface area contributed by atoms with Crippen molar-refractivity contribution in [3.05, 3.63) is 22.8 Å². The summed E-state index contributed by atoms with van der Waals surface area (Å²) < 4.78 is 0. The summed E-state index contributed by atoms with van der Waals surface area (Å²) in [6, 6.07) is 2.23. The van der Waals surface area contributed by atoms with Gasteiger partial charge in [-0.2, -0.15) is 0 Å². The van der Waals surface area contributed by atoms with Crippen LogP contribution in [0.4, 0.5) is 11.4 Å². The highest BCUT2D eigenvalue weighted by Crippen LogP contribution is 2.34. The Morgan fingerprint density at radius 2 is 2.29 bits per heavy atom. The van der Waals surface area contributed by atoms with Crippen molar-refractivity contribution in [2.45, 2.75) is 33.1 Å². The molecule has 0 aromatic heterocycles. The Balaban J connectivity index is 2.50. The van der Waals surface area contributed by atoms with Gasteiger partial charge in [0.2, 0.25) is 0 Å². The van der Waals surface area contributed by atoms with Crippen LogP contribution in [0.3, 0.4) is 0 Å². The monoisotopic (exact) mass is 190 g/mol. The van der Waals surface area contributed by atoms with E-state index in [1.807, 2.05) is 0 Å². The number of hydrogen-bond donors (Lipinski definition) is 2. The Hall–Kier alpha value is -1.18. The molecule has 2 nitrogen and oxygen atoms in total. The van der Waals surface area contributed by atoms with Gasteiger partial charge in [-0.3, -0.25) is 0 Å². The van der Waals surface area contributed by atoms with Crippen molar-refractivity contribution >= 4 is 11.4 Å². The van der Waals surface area contributed by atoms with Gasteiger partial charge in [0, 0.05) is 23.5 Å². The van der Waals surface area contributed by atoms with Gasteiger partial charge in [-0.25, -0.2) is 0 Å². The van der Waals surface area contributed by atoms with Crippen LogP contribution < -0.4 is 11.1 Å². The predicted octanol–water partition coefficient (Wildman–Crippen LogP) is 2.50.